The van der Waals surface area contributed by atoms with Gasteiger partial charge in [0.2, 0.25) is 0 Å². The van der Waals surface area contributed by atoms with Crippen molar-refractivity contribution in [1.82, 2.24) is 0 Å². The van der Waals surface area contributed by atoms with Crippen LogP contribution >= 0.6 is 0 Å². The molecule has 0 amide bonds. The summed E-state index contributed by atoms with van der Waals surface area (Å²) in [7, 11) is 11.1. The third kappa shape index (κ3) is 0.138. The van der Waals surface area contributed by atoms with Crippen LogP contribution in [0.25, 0.3) is 0 Å². The Balaban J connectivity index is 2.34. The van der Waals surface area contributed by atoms with Gasteiger partial charge in [-0.05, 0) is 0 Å². The minimum atomic E-state index is 0.132. The standard InChI is InChI=1S/C4H4B2/c5-3-1-4(3,6)2-3/h1-2H2. The van der Waals surface area contributed by atoms with E-state index in [4.69, 9.17) is 15.7 Å². The van der Waals surface area contributed by atoms with Gasteiger partial charge < -0.3 is 0 Å². The van der Waals surface area contributed by atoms with Gasteiger partial charge >= 0.3 is 0 Å². The average molecular weight is 73.7 g/mol. The van der Waals surface area contributed by atoms with Crippen LogP contribution in [0.3, 0.4) is 0 Å². The first-order valence-electron chi connectivity index (χ1n) is 2.24. The van der Waals surface area contributed by atoms with Crippen molar-refractivity contribution >= 4 is 15.7 Å². The number of fused-ring (bicyclic) bond motifs is 1. The lowest BCUT2D eigenvalue weighted by molar-refractivity contribution is 0.936. The molecule has 2 aliphatic rings. The molecule has 0 unspecified atom stereocenters. The second-order valence-electron chi connectivity index (χ2n) is 2.67. The molecule has 0 aromatic heterocycles. The molecule has 0 nitrogen and oxygen atoms in total. The van der Waals surface area contributed by atoms with E-state index >= 15 is 0 Å². The molecule has 0 heterocycles. The first-order chi connectivity index (χ1) is 2.66. The van der Waals surface area contributed by atoms with E-state index in [1.807, 2.05) is 0 Å². The van der Waals surface area contributed by atoms with Crippen molar-refractivity contribution in [3.8, 4) is 0 Å². The van der Waals surface area contributed by atoms with E-state index < -0.39 is 0 Å². The molecule has 4 radical (unpaired) electrons. The van der Waals surface area contributed by atoms with Crippen LogP contribution in [-0.2, 0) is 0 Å². The van der Waals surface area contributed by atoms with Crippen molar-refractivity contribution in [2.24, 2.45) is 0 Å². The maximum Gasteiger partial charge on any atom is 0.0743 e. The highest BCUT2D eigenvalue weighted by Gasteiger charge is 2.74. The van der Waals surface area contributed by atoms with Crippen molar-refractivity contribution < 1.29 is 0 Å². The normalized spacial score (nSPS) is 72.7. The average Bonchev–Trinajstić information content (AvgIpc) is 1.78. The highest BCUT2D eigenvalue weighted by Crippen LogP contribution is 2.95. The fourth-order valence-electron chi connectivity index (χ4n) is 0.986. The summed E-state index contributed by atoms with van der Waals surface area (Å²) in [6.07, 6.45) is 2.14. The van der Waals surface area contributed by atoms with Crippen LogP contribution in [0, 0.1) is 0 Å². The number of hydrogen-bond acceptors (Lipinski definition) is 0. The molecular formula is C4H4B2. The van der Waals surface area contributed by atoms with Gasteiger partial charge in [0.05, 0.1) is 15.7 Å². The molecule has 2 fully saturated rings. The Hall–Kier alpha value is 0.130. The van der Waals surface area contributed by atoms with Crippen molar-refractivity contribution in [2.75, 3.05) is 0 Å². The summed E-state index contributed by atoms with van der Waals surface area (Å²) in [5.74, 6) is 0. The predicted molar refractivity (Wildman–Crippen MR) is 26.1 cm³/mol. The highest BCUT2D eigenvalue weighted by molar-refractivity contribution is 6.37. The van der Waals surface area contributed by atoms with Crippen molar-refractivity contribution in [3.05, 3.63) is 0 Å². The van der Waals surface area contributed by atoms with Crippen LogP contribution in [-0.4, -0.2) is 15.7 Å². The number of hydrogen-bond donors (Lipinski definition) is 0. The van der Waals surface area contributed by atoms with Crippen LogP contribution in [0.2, 0.25) is 10.6 Å². The quantitative estimate of drug-likeness (QED) is 0.366. The lowest BCUT2D eigenvalue weighted by atomic mass is 9.91. The fourth-order valence-corrected chi connectivity index (χ4v) is 0.986. The largest absolute Gasteiger partial charge is 0.0743 e. The van der Waals surface area contributed by atoms with E-state index in [9.17, 15) is 0 Å². The predicted octanol–water partition coefficient (Wildman–Crippen LogP) is 0.448. The van der Waals surface area contributed by atoms with Gasteiger partial charge in [-0.2, -0.15) is 0 Å². The van der Waals surface area contributed by atoms with E-state index in [-0.39, 0.29) is 10.6 Å². The molecule has 6 heavy (non-hydrogen) atoms. The van der Waals surface area contributed by atoms with Crippen LogP contribution in [0.5, 0.6) is 0 Å². The van der Waals surface area contributed by atoms with Gasteiger partial charge in [0.15, 0.2) is 0 Å². The van der Waals surface area contributed by atoms with Crippen molar-refractivity contribution in [1.29, 1.82) is 0 Å². The van der Waals surface area contributed by atoms with Gasteiger partial charge in [-0.25, -0.2) is 0 Å². The minimum Gasteiger partial charge on any atom is -0.0686 e. The summed E-state index contributed by atoms with van der Waals surface area (Å²) in [5, 5.41) is 0.264. The summed E-state index contributed by atoms with van der Waals surface area (Å²) < 4.78 is 0. The Labute approximate surface area is 40.1 Å². The zero-order valence-electron chi connectivity index (χ0n) is 3.57. The molecule has 26 valence electrons. The molecular weight excluding hydrogens is 69.7 g/mol. The summed E-state index contributed by atoms with van der Waals surface area (Å²) >= 11 is 0. The molecule has 0 bridgehead atoms. The molecule has 2 heteroatoms. The Morgan fingerprint density at radius 3 is 1.17 bits per heavy atom. The maximum atomic E-state index is 5.55. The fraction of sp³-hybridized carbons (Fsp3) is 1.00. The van der Waals surface area contributed by atoms with Crippen LogP contribution < -0.4 is 0 Å². The van der Waals surface area contributed by atoms with Crippen LogP contribution in [0.15, 0.2) is 0 Å². The highest BCUT2D eigenvalue weighted by atomic mass is 14.7. The smallest absolute Gasteiger partial charge is 0.0686 e. The molecule has 0 aromatic rings. The zero-order valence-corrected chi connectivity index (χ0v) is 3.57. The second kappa shape index (κ2) is 0.438. The van der Waals surface area contributed by atoms with Crippen molar-refractivity contribution in [2.45, 2.75) is 23.5 Å². The molecule has 2 rings (SSSR count). The Bertz CT molecular complexity index is 90.1. The van der Waals surface area contributed by atoms with E-state index in [1.54, 1.807) is 0 Å². The van der Waals surface area contributed by atoms with Gasteiger partial charge in [-0.1, -0.05) is 23.5 Å². The van der Waals surface area contributed by atoms with Crippen LogP contribution in [0.1, 0.15) is 12.8 Å². The Morgan fingerprint density at radius 1 is 1.00 bits per heavy atom. The first-order valence-corrected chi connectivity index (χ1v) is 2.24. The van der Waals surface area contributed by atoms with E-state index in [1.165, 1.54) is 0 Å². The molecule has 0 aromatic carbocycles. The Kier molecular flexibility index (Phi) is 0.232. The van der Waals surface area contributed by atoms with Crippen molar-refractivity contribution in [3.63, 3.8) is 0 Å². The molecule has 0 spiro atoms. The third-order valence-electron chi connectivity index (χ3n) is 2.00. The lowest BCUT2D eigenvalue weighted by Gasteiger charge is -1.84. The summed E-state index contributed by atoms with van der Waals surface area (Å²) in [5.41, 5.74) is 0. The lowest BCUT2D eigenvalue weighted by Crippen LogP contribution is -1.70. The molecule has 2 saturated carbocycles. The minimum absolute atomic E-state index is 0.132. The monoisotopic (exact) mass is 74.0 g/mol. The summed E-state index contributed by atoms with van der Waals surface area (Å²) in [6.45, 7) is 0. The van der Waals surface area contributed by atoms with E-state index in [0.29, 0.717) is 0 Å². The summed E-state index contributed by atoms with van der Waals surface area (Å²) in [4.78, 5) is 0. The SMILES string of the molecule is [B]C12CC1([B])C2. The molecule has 2 aliphatic carbocycles. The molecule has 0 atom stereocenters. The number of rotatable bonds is 0. The summed E-state index contributed by atoms with van der Waals surface area (Å²) in [6, 6.07) is 0. The van der Waals surface area contributed by atoms with Gasteiger partial charge in [-0.15, -0.1) is 0 Å². The molecule has 0 saturated heterocycles. The zero-order chi connectivity index (χ0) is 4.41. The Morgan fingerprint density at radius 2 is 1.17 bits per heavy atom. The van der Waals surface area contributed by atoms with Gasteiger partial charge in [-0.3, -0.25) is 0 Å². The third-order valence-corrected chi connectivity index (χ3v) is 2.00. The molecule has 0 N–H and O–H groups in total. The molecule has 0 aliphatic heterocycles. The first kappa shape index (κ1) is 3.17. The van der Waals surface area contributed by atoms with Gasteiger partial charge in [0, 0.05) is 0 Å². The second-order valence-corrected chi connectivity index (χ2v) is 2.67. The van der Waals surface area contributed by atoms with Gasteiger partial charge in [0.25, 0.3) is 0 Å². The maximum absolute atomic E-state index is 5.55. The van der Waals surface area contributed by atoms with Crippen LogP contribution in [0.4, 0.5) is 0 Å². The van der Waals surface area contributed by atoms with E-state index in [0.717, 1.165) is 12.8 Å². The van der Waals surface area contributed by atoms with Gasteiger partial charge in [0.1, 0.15) is 0 Å². The topological polar surface area (TPSA) is 0 Å². The van der Waals surface area contributed by atoms with E-state index in [2.05, 4.69) is 0 Å².